The maximum atomic E-state index is 11.7. The molecule has 0 bridgehead atoms. The third-order valence-corrected chi connectivity index (χ3v) is 3.85. The summed E-state index contributed by atoms with van der Waals surface area (Å²) in [6, 6.07) is 0. The van der Waals surface area contributed by atoms with Crippen LogP contribution in [0.1, 0.15) is 20.3 Å². The molecule has 21 heavy (non-hydrogen) atoms. The summed E-state index contributed by atoms with van der Waals surface area (Å²) >= 11 is 1.49. The van der Waals surface area contributed by atoms with Gasteiger partial charge < -0.3 is 10.2 Å². The highest BCUT2D eigenvalue weighted by atomic mass is 127. The first-order chi connectivity index (χ1) is 9.65. The Hall–Kier alpha value is -1.77. The van der Waals surface area contributed by atoms with Gasteiger partial charge in [0.25, 0.3) is 0 Å². The van der Waals surface area contributed by atoms with E-state index in [2.05, 4.69) is 0 Å². The molecule has 0 saturated carbocycles. The zero-order valence-corrected chi connectivity index (χ0v) is 13.5. The molecule has 0 radical (unpaired) electrons. The van der Waals surface area contributed by atoms with E-state index < -0.39 is 32.8 Å². The number of carbonyl (C=O) groups is 4. The van der Waals surface area contributed by atoms with E-state index in [9.17, 15) is 24.3 Å². The molecule has 6 nitrogen and oxygen atoms in total. The van der Waals surface area contributed by atoms with Gasteiger partial charge in [0, 0.05) is 34.1 Å². The van der Waals surface area contributed by atoms with Crippen molar-refractivity contribution in [1.82, 2.24) is 0 Å². The number of aliphatic carboxylic acids is 2. The van der Waals surface area contributed by atoms with E-state index in [0.29, 0.717) is 5.57 Å². The Labute approximate surface area is 134 Å². The fourth-order valence-corrected chi connectivity index (χ4v) is 2.43. The number of ketones is 1. The lowest BCUT2D eigenvalue weighted by Gasteiger charge is -2.18. The van der Waals surface area contributed by atoms with Crippen molar-refractivity contribution in [2.24, 2.45) is 5.92 Å². The van der Waals surface area contributed by atoms with Gasteiger partial charge in [0.1, 0.15) is 5.78 Å². The highest BCUT2D eigenvalue weighted by Crippen LogP contribution is 2.29. The van der Waals surface area contributed by atoms with Crippen LogP contribution in [0.2, 0.25) is 0 Å². The Kier molecular flexibility index (Phi) is 5.59. The van der Waals surface area contributed by atoms with Crippen LogP contribution in [-0.4, -0.2) is 31.7 Å². The third-order valence-electron chi connectivity index (χ3n) is 3.16. The maximum Gasteiger partial charge on any atom is 0.336 e. The Bertz CT molecular complexity index is 623. The highest BCUT2D eigenvalue weighted by Gasteiger charge is 2.27. The molecular weight excluding hydrogens is 391 g/mol. The monoisotopic (exact) mass is 404 g/mol. The average Bonchev–Trinajstić information content (AvgIpc) is 2.32. The van der Waals surface area contributed by atoms with E-state index in [-0.39, 0.29) is 17.8 Å². The molecule has 2 N–H and O–H groups in total. The summed E-state index contributed by atoms with van der Waals surface area (Å²) in [7, 11) is 0. The van der Waals surface area contributed by atoms with Crippen LogP contribution < -0.4 is 0 Å². The van der Waals surface area contributed by atoms with E-state index >= 15 is 0 Å². The first-order valence-corrected chi connectivity index (χ1v) is 7.03. The summed E-state index contributed by atoms with van der Waals surface area (Å²) in [5.41, 5.74) is -0.383. The Morgan fingerprint density at radius 1 is 1.10 bits per heavy atom. The molecule has 1 atom stereocenters. The van der Waals surface area contributed by atoms with Crippen LogP contribution in [0, 0.1) is 5.92 Å². The quantitative estimate of drug-likeness (QED) is 0.547. The molecule has 0 aliphatic heterocycles. The van der Waals surface area contributed by atoms with Gasteiger partial charge >= 0.3 is 11.9 Å². The van der Waals surface area contributed by atoms with E-state index in [1.807, 2.05) is 0 Å². The first-order valence-electron chi connectivity index (χ1n) is 5.95. The number of Topliss-reactive ketones (excluding diaryl/α,β-unsaturated/α-hetero) is 1. The van der Waals surface area contributed by atoms with E-state index in [4.69, 9.17) is 5.11 Å². The summed E-state index contributed by atoms with van der Waals surface area (Å²) < 4.78 is -0.419. The van der Waals surface area contributed by atoms with Gasteiger partial charge in [-0.05, 0) is 32.4 Å². The van der Waals surface area contributed by atoms with Crippen LogP contribution in [0.15, 0.2) is 34.4 Å². The molecule has 1 aliphatic carbocycles. The lowest BCUT2D eigenvalue weighted by Crippen LogP contribution is -2.19. The minimum atomic E-state index is -1.44. The molecule has 0 aromatic rings. The highest BCUT2D eigenvalue weighted by molar-refractivity contribution is 14.1. The summed E-state index contributed by atoms with van der Waals surface area (Å²) in [5.74, 6) is -3.71. The maximum absolute atomic E-state index is 11.7. The van der Waals surface area contributed by atoms with Gasteiger partial charge in [-0.25, -0.2) is 9.59 Å². The van der Waals surface area contributed by atoms with Crippen LogP contribution in [-0.2, 0) is 19.2 Å². The largest absolute Gasteiger partial charge is 0.478 e. The molecule has 7 heteroatoms. The molecule has 0 heterocycles. The van der Waals surface area contributed by atoms with Crippen molar-refractivity contribution in [3.63, 3.8) is 0 Å². The second-order valence-corrected chi connectivity index (χ2v) is 5.62. The number of rotatable bonds is 4. The average molecular weight is 404 g/mol. The van der Waals surface area contributed by atoms with Crippen molar-refractivity contribution in [1.29, 1.82) is 0 Å². The second kappa shape index (κ2) is 6.79. The van der Waals surface area contributed by atoms with E-state index in [1.54, 1.807) is 6.92 Å². The minimum absolute atomic E-state index is 0.0586. The molecule has 112 valence electrons. The molecule has 0 spiro atoms. The van der Waals surface area contributed by atoms with Gasteiger partial charge in [-0.1, -0.05) is 5.57 Å². The molecule has 0 fully saturated rings. The summed E-state index contributed by atoms with van der Waals surface area (Å²) in [6.45, 7) is 2.90. The lowest BCUT2D eigenvalue weighted by molar-refractivity contribution is -0.135. The predicted octanol–water partition coefficient (Wildman–Crippen LogP) is 1.90. The minimum Gasteiger partial charge on any atom is -0.478 e. The van der Waals surface area contributed by atoms with Gasteiger partial charge in [0.2, 0.25) is 3.79 Å². The van der Waals surface area contributed by atoms with Gasteiger partial charge in [-0.15, -0.1) is 0 Å². The van der Waals surface area contributed by atoms with Crippen LogP contribution in [0.5, 0.6) is 0 Å². The van der Waals surface area contributed by atoms with Gasteiger partial charge in [0.05, 0.1) is 11.1 Å². The fourth-order valence-electron chi connectivity index (χ4n) is 2.05. The Balaban J connectivity index is 3.67. The van der Waals surface area contributed by atoms with E-state index in [1.165, 1.54) is 35.6 Å². The SMILES string of the molecule is CC(=O)C1C\C(C(=O)I)=C/C(C(=O)O)=C(C(=O)O)\C=C\1C. The summed E-state index contributed by atoms with van der Waals surface area (Å²) in [5, 5.41) is 18.3. The summed E-state index contributed by atoms with van der Waals surface area (Å²) in [6.07, 6.45) is 2.28. The number of hydrogen-bond acceptors (Lipinski definition) is 4. The standard InChI is InChI=1S/C14H13IO6/c1-6-3-10(13(18)19)11(14(20)21)5-8(12(15)17)4-9(6)7(2)16/h3,5,9H,4H2,1-2H3,(H,18,19)(H,20,21)/b6-3+,8-5+,11-10-. The van der Waals surface area contributed by atoms with Crippen LogP contribution in [0.4, 0.5) is 0 Å². The third kappa shape index (κ3) is 4.10. The van der Waals surface area contributed by atoms with Crippen LogP contribution >= 0.6 is 22.6 Å². The predicted molar refractivity (Wildman–Crippen MR) is 82.0 cm³/mol. The van der Waals surface area contributed by atoms with Crippen molar-refractivity contribution in [2.75, 3.05) is 0 Å². The Morgan fingerprint density at radius 3 is 1.95 bits per heavy atom. The van der Waals surface area contributed by atoms with E-state index in [0.717, 1.165) is 6.08 Å². The van der Waals surface area contributed by atoms with Crippen molar-refractivity contribution < 1.29 is 29.4 Å². The molecule has 1 aliphatic rings. The van der Waals surface area contributed by atoms with Crippen LogP contribution in [0.25, 0.3) is 0 Å². The second-order valence-electron chi connectivity index (χ2n) is 4.64. The summed E-state index contributed by atoms with van der Waals surface area (Å²) in [4.78, 5) is 45.8. The topological polar surface area (TPSA) is 109 Å². The first kappa shape index (κ1) is 17.3. The number of halogens is 1. The van der Waals surface area contributed by atoms with Crippen molar-refractivity contribution in [3.05, 3.63) is 34.4 Å². The van der Waals surface area contributed by atoms with Gasteiger partial charge in [-0.3, -0.25) is 9.59 Å². The molecule has 0 aromatic carbocycles. The van der Waals surface area contributed by atoms with Crippen molar-refractivity contribution >= 4 is 44.1 Å². The smallest absolute Gasteiger partial charge is 0.336 e. The molecule has 0 amide bonds. The number of carboxylic acid groups (broad SMARTS) is 2. The fraction of sp³-hybridized carbons (Fsp3) is 0.286. The zero-order valence-electron chi connectivity index (χ0n) is 11.3. The lowest BCUT2D eigenvalue weighted by atomic mass is 9.85. The number of allylic oxidation sites excluding steroid dienone is 2. The normalized spacial score (nSPS) is 27.5. The molecule has 0 saturated heterocycles. The number of hydrogen-bond donors (Lipinski definition) is 2. The molecular formula is C14H13IO6. The number of carbonyl (C=O) groups excluding carboxylic acids is 2. The van der Waals surface area contributed by atoms with Gasteiger partial charge in [0.15, 0.2) is 0 Å². The van der Waals surface area contributed by atoms with Crippen molar-refractivity contribution in [2.45, 2.75) is 20.3 Å². The van der Waals surface area contributed by atoms with Gasteiger partial charge in [-0.2, -0.15) is 0 Å². The van der Waals surface area contributed by atoms with Crippen molar-refractivity contribution in [3.8, 4) is 0 Å². The van der Waals surface area contributed by atoms with Crippen LogP contribution in [0.3, 0.4) is 0 Å². The molecule has 0 aromatic heterocycles. The molecule has 1 unspecified atom stereocenters. The number of carboxylic acids is 2. The molecule has 1 rings (SSSR count). The Morgan fingerprint density at radius 2 is 1.57 bits per heavy atom. The zero-order chi connectivity index (χ0) is 16.3.